The van der Waals surface area contributed by atoms with Gasteiger partial charge in [0.05, 0.1) is 0 Å². The van der Waals surface area contributed by atoms with Gasteiger partial charge in [0.15, 0.2) is 0 Å². The Morgan fingerprint density at radius 2 is 2.20 bits per heavy atom. The van der Waals surface area contributed by atoms with Crippen molar-refractivity contribution in [2.45, 2.75) is 76.5 Å². The third kappa shape index (κ3) is 6.04. The van der Waals surface area contributed by atoms with Gasteiger partial charge in [0.1, 0.15) is 5.54 Å². The molecule has 1 aliphatic carbocycles. The van der Waals surface area contributed by atoms with Crippen molar-refractivity contribution in [3.8, 4) is 0 Å². The summed E-state index contributed by atoms with van der Waals surface area (Å²) in [6.07, 6.45) is 8.11. The molecule has 1 rings (SSSR count). The van der Waals surface area contributed by atoms with Gasteiger partial charge in [0, 0.05) is 5.25 Å². The molecule has 3 atom stereocenters. The first-order valence-electron chi connectivity index (χ1n) is 8.08. The van der Waals surface area contributed by atoms with E-state index >= 15 is 0 Å². The summed E-state index contributed by atoms with van der Waals surface area (Å²) in [6, 6.07) is 0. The van der Waals surface area contributed by atoms with Gasteiger partial charge in [-0.25, -0.2) is 0 Å². The minimum Gasteiger partial charge on any atom is -0.480 e. The molecule has 3 nitrogen and oxygen atoms in total. The van der Waals surface area contributed by atoms with Crippen LogP contribution in [0.1, 0.15) is 65.7 Å². The third-order valence-electron chi connectivity index (χ3n) is 4.30. The molecule has 4 heteroatoms. The van der Waals surface area contributed by atoms with E-state index in [1.54, 1.807) is 0 Å². The number of hydrogen-bond acceptors (Lipinski definition) is 3. The van der Waals surface area contributed by atoms with Gasteiger partial charge in [-0.15, -0.1) is 0 Å². The van der Waals surface area contributed by atoms with E-state index < -0.39 is 11.5 Å². The number of nitrogens with one attached hydrogen (secondary N) is 1. The molecular weight excluding hydrogens is 270 g/mol. The van der Waals surface area contributed by atoms with Crippen LogP contribution in [0.25, 0.3) is 0 Å². The van der Waals surface area contributed by atoms with Gasteiger partial charge in [-0.05, 0) is 57.2 Å². The summed E-state index contributed by atoms with van der Waals surface area (Å²) < 4.78 is 0. The van der Waals surface area contributed by atoms with E-state index in [-0.39, 0.29) is 0 Å². The Balaban J connectivity index is 2.24. The molecule has 0 aliphatic heterocycles. The molecule has 0 aromatic heterocycles. The van der Waals surface area contributed by atoms with Crippen LogP contribution in [-0.4, -0.2) is 34.2 Å². The molecule has 0 aromatic rings. The molecule has 1 fully saturated rings. The third-order valence-corrected chi connectivity index (χ3v) is 5.72. The van der Waals surface area contributed by atoms with Gasteiger partial charge in [0.25, 0.3) is 0 Å². The Labute approximate surface area is 128 Å². The van der Waals surface area contributed by atoms with Gasteiger partial charge >= 0.3 is 5.97 Å². The molecular formula is C16H31NO2S. The number of carboxylic acid groups (broad SMARTS) is 1. The van der Waals surface area contributed by atoms with Crippen molar-refractivity contribution in [1.82, 2.24) is 5.32 Å². The molecule has 0 spiro atoms. The smallest absolute Gasteiger partial charge is 0.323 e. The quantitative estimate of drug-likeness (QED) is 0.634. The lowest BCUT2D eigenvalue weighted by Gasteiger charge is -2.28. The largest absolute Gasteiger partial charge is 0.480 e. The fraction of sp³-hybridized carbons (Fsp3) is 0.938. The van der Waals surface area contributed by atoms with Crippen LogP contribution < -0.4 is 5.32 Å². The summed E-state index contributed by atoms with van der Waals surface area (Å²) in [5.74, 6) is 1.24. The molecule has 0 bridgehead atoms. The second-order valence-corrected chi connectivity index (χ2v) is 7.84. The molecule has 0 amide bonds. The van der Waals surface area contributed by atoms with Gasteiger partial charge in [-0.3, -0.25) is 4.79 Å². The zero-order chi connectivity index (χ0) is 15.0. The van der Waals surface area contributed by atoms with E-state index in [4.69, 9.17) is 0 Å². The number of aliphatic carboxylic acids is 1. The average Bonchev–Trinajstić information content (AvgIpc) is 2.41. The molecule has 0 heterocycles. The van der Waals surface area contributed by atoms with Crippen LogP contribution in [0.5, 0.6) is 0 Å². The van der Waals surface area contributed by atoms with E-state index in [0.29, 0.717) is 0 Å². The molecule has 20 heavy (non-hydrogen) atoms. The topological polar surface area (TPSA) is 49.3 Å². The summed E-state index contributed by atoms with van der Waals surface area (Å²) in [5, 5.41) is 13.4. The van der Waals surface area contributed by atoms with E-state index in [9.17, 15) is 9.90 Å². The fourth-order valence-electron chi connectivity index (χ4n) is 2.88. The van der Waals surface area contributed by atoms with Crippen molar-refractivity contribution in [2.75, 3.05) is 12.3 Å². The normalized spacial score (nSPS) is 26.1. The van der Waals surface area contributed by atoms with Crippen molar-refractivity contribution < 1.29 is 9.90 Å². The fourth-order valence-corrected chi connectivity index (χ4v) is 4.32. The predicted octanol–water partition coefficient (Wildman–Crippen LogP) is 3.92. The first-order chi connectivity index (χ1) is 9.48. The molecule has 0 saturated heterocycles. The summed E-state index contributed by atoms with van der Waals surface area (Å²) >= 11 is 2.06. The molecule has 118 valence electrons. The molecule has 1 saturated carbocycles. The molecule has 0 aromatic carbocycles. The second-order valence-electron chi connectivity index (χ2n) is 6.43. The van der Waals surface area contributed by atoms with Crippen molar-refractivity contribution in [3.63, 3.8) is 0 Å². The van der Waals surface area contributed by atoms with Crippen LogP contribution in [0, 0.1) is 5.92 Å². The zero-order valence-corrected chi connectivity index (χ0v) is 14.1. The highest BCUT2D eigenvalue weighted by Gasteiger charge is 2.31. The van der Waals surface area contributed by atoms with Crippen molar-refractivity contribution >= 4 is 17.7 Å². The summed E-state index contributed by atoms with van der Waals surface area (Å²) in [7, 11) is 0. The first-order valence-corrected chi connectivity index (χ1v) is 9.13. The molecule has 3 unspecified atom stereocenters. The van der Waals surface area contributed by atoms with E-state index in [1.807, 2.05) is 6.92 Å². The lowest BCUT2D eigenvalue weighted by molar-refractivity contribution is -0.144. The maximum absolute atomic E-state index is 11.4. The minimum absolute atomic E-state index is 0.720. The Kier molecular flexibility index (Phi) is 7.96. The lowest BCUT2D eigenvalue weighted by Crippen LogP contribution is -2.49. The van der Waals surface area contributed by atoms with Crippen LogP contribution in [0.4, 0.5) is 0 Å². The standard InChI is InChI=1S/C16H31NO2S/c1-4-10-17-16(3,15(18)19)9-6-11-20-14-8-5-7-13(2)12-14/h13-14,17H,4-12H2,1-3H3,(H,18,19). The number of rotatable bonds is 9. The number of hydrogen-bond donors (Lipinski definition) is 2. The molecule has 2 N–H and O–H groups in total. The van der Waals surface area contributed by atoms with E-state index in [2.05, 4.69) is 30.9 Å². The average molecular weight is 301 g/mol. The highest BCUT2D eigenvalue weighted by atomic mass is 32.2. The Bertz CT molecular complexity index is 298. The van der Waals surface area contributed by atoms with Crippen LogP contribution in [-0.2, 0) is 4.79 Å². The Morgan fingerprint density at radius 3 is 2.80 bits per heavy atom. The Hall–Kier alpha value is -0.220. The minimum atomic E-state index is -0.754. The second kappa shape index (κ2) is 8.93. The zero-order valence-electron chi connectivity index (χ0n) is 13.3. The van der Waals surface area contributed by atoms with E-state index in [0.717, 1.165) is 42.7 Å². The summed E-state index contributed by atoms with van der Waals surface area (Å²) in [5.41, 5.74) is -0.754. The first kappa shape index (κ1) is 17.8. The van der Waals surface area contributed by atoms with Crippen molar-refractivity contribution in [3.05, 3.63) is 0 Å². The van der Waals surface area contributed by atoms with Gasteiger partial charge < -0.3 is 10.4 Å². The highest BCUT2D eigenvalue weighted by Crippen LogP contribution is 2.32. The lowest BCUT2D eigenvalue weighted by atomic mass is 9.91. The summed E-state index contributed by atoms with van der Waals surface area (Å²) in [4.78, 5) is 11.4. The van der Waals surface area contributed by atoms with Crippen molar-refractivity contribution in [2.24, 2.45) is 5.92 Å². The van der Waals surface area contributed by atoms with Crippen LogP contribution in [0.3, 0.4) is 0 Å². The van der Waals surface area contributed by atoms with Crippen LogP contribution in [0.15, 0.2) is 0 Å². The van der Waals surface area contributed by atoms with Gasteiger partial charge in [-0.2, -0.15) is 11.8 Å². The number of carbonyl (C=O) groups is 1. The SMILES string of the molecule is CCCNC(C)(CCCSC1CCCC(C)C1)C(=O)O. The maximum Gasteiger partial charge on any atom is 0.323 e. The highest BCUT2D eigenvalue weighted by molar-refractivity contribution is 7.99. The maximum atomic E-state index is 11.4. The Morgan fingerprint density at radius 1 is 1.45 bits per heavy atom. The monoisotopic (exact) mass is 301 g/mol. The summed E-state index contributed by atoms with van der Waals surface area (Å²) in [6.45, 7) is 7.01. The number of carboxylic acids is 1. The predicted molar refractivity (Wildman–Crippen MR) is 87.4 cm³/mol. The van der Waals surface area contributed by atoms with Crippen molar-refractivity contribution in [1.29, 1.82) is 0 Å². The van der Waals surface area contributed by atoms with E-state index in [1.165, 1.54) is 25.7 Å². The molecule has 0 radical (unpaired) electrons. The van der Waals surface area contributed by atoms with Crippen LogP contribution >= 0.6 is 11.8 Å². The van der Waals surface area contributed by atoms with Crippen LogP contribution in [0.2, 0.25) is 0 Å². The van der Waals surface area contributed by atoms with Gasteiger partial charge in [-0.1, -0.05) is 26.7 Å². The van der Waals surface area contributed by atoms with Gasteiger partial charge in [0.2, 0.25) is 0 Å². The number of thioether (sulfide) groups is 1. The molecule has 1 aliphatic rings.